The van der Waals surface area contributed by atoms with E-state index < -0.39 is 10.0 Å². The van der Waals surface area contributed by atoms with Gasteiger partial charge in [-0.1, -0.05) is 15.9 Å². The number of anilines is 1. The lowest BCUT2D eigenvalue weighted by molar-refractivity contribution is 0.297. The second-order valence-corrected chi connectivity index (χ2v) is 7.68. The van der Waals surface area contributed by atoms with Crippen molar-refractivity contribution in [3.63, 3.8) is 0 Å². The number of methoxy groups -OCH3 is 1. The van der Waals surface area contributed by atoms with Gasteiger partial charge in [0.1, 0.15) is 10.6 Å². The highest BCUT2D eigenvalue weighted by molar-refractivity contribution is 9.10. The highest BCUT2D eigenvalue weighted by Crippen LogP contribution is 2.34. The molecule has 0 saturated heterocycles. The molecule has 6 nitrogen and oxygen atoms in total. The zero-order chi connectivity index (χ0) is 17.2. The highest BCUT2D eigenvalue weighted by atomic mass is 79.9. The van der Waals surface area contributed by atoms with Crippen molar-refractivity contribution in [1.29, 1.82) is 0 Å². The Hall–Kier alpha value is -1.93. The first kappa shape index (κ1) is 16.9. The summed E-state index contributed by atoms with van der Waals surface area (Å²) in [6.07, 6.45) is 0.783. The lowest BCUT2D eigenvalue weighted by atomic mass is 10.3. The van der Waals surface area contributed by atoms with Gasteiger partial charge in [-0.2, -0.15) is 0 Å². The Balaban J connectivity index is 1.93. The fourth-order valence-electron chi connectivity index (χ4n) is 2.30. The first-order valence-corrected chi connectivity index (χ1v) is 9.53. The Labute approximate surface area is 148 Å². The maximum atomic E-state index is 12.7. The van der Waals surface area contributed by atoms with Gasteiger partial charge in [0.15, 0.2) is 11.5 Å². The molecule has 0 aromatic heterocycles. The monoisotopic (exact) mass is 413 g/mol. The molecule has 1 aliphatic heterocycles. The third kappa shape index (κ3) is 3.59. The van der Waals surface area contributed by atoms with E-state index in [2.05, 4.69) is 20.7 Å². The summed E-state index contributed by atoms with van der Waals surface area (Å²) in [5.41, 5.74) is 0.390. The van der Waals surface area contributed by atoms with Gasteiger partial charge < -0.3 is 14.2 Å². The van der Waals surface area contributed by atoms with Crippen LogP contribution in [0.5, 0.6) is 17.2 Å². The van der Waals surface area contributed by atoms with Crippen molar-refractivity contribution >= 4 is 31.6 Å². The molecule has 0 saturated carbocycles. The molecule has 0 aliphatic carbocycles. The van der Waals surface area contributed by atoms with E-state index in [4.69, 9.17) is 14.2 Å². The molecule has 0 radical (unpaired) electrons. The van der Waals surface area contributed by atoms with Crippen LogP contribution in [0.15, 0.2) is 45.8 Å². The van der Waals surface area contributed by atoms with E-state index in [1.165, 1.54) is 13.2 Å². The van der Waals surface area contributed by atoms with Crippen LogP contribution in [0.3, 0.4) is 0 Å². The van der Waals surface area contributed by atoms with Crippen molar-refractivity contribution in [2.24, 2.45) is 0 Å². The first-order valence-electron chi connectivity index (χ1n) is 7.25. The Morgan fingerprint density at radius 2 is 1.83 bits per heavy atom. The van der Waals surface area contributed by atoms with E-state index in [9.17, 15) is 8.42 Å². The van der Waals surface area contributed by atoms with Crippen LogP contribution in [0.25, 0.3) is 0 Å². The molecule has 3 rings (SSSR count). The van der Waals surface area contributed by atoms with Gasteiger partial charge in [-0.3, -0.25) is 4.72 Å². The summed E-state index contributed by atoms with van der Waals surface area (Å²) in [5, 5.41) is 0. The fourth-order valence-corrected chi connectivity index (χ4v) is 4.06. The predicted molar refractivity (Wildman–Crippen MR) is 93.6 cm³/mol. The van der Waals surface area contributed by atoms with Crippen molar-refractivity contribution in [2.75, 3.05) is 25.0 Å². The maximum absolute atomic E-state index is 12.7. The van der Waals surface area contributed by atoms with E-state index in [-0.39, 0.29) is 10.6 Å². The number of nitrogens with one attached hydrogen (secondary N) is 1. The molecule has 1 aliphatic rings. The number of rotatable bonds is 4. The smallest absolute Gasteiger partial charge is 0.265 e. The molecule has 128 valence electrons. The molecular formula is C16H16BrNO5S. The minimum Gasteiger partial charge on any atom is -0.495 e. The van der Waals surface area contributed by atoms with Crippen LogP contribution in [0.4, 0.5) is 5.69 Å². The van der Waals surface area contributed by atoms with E-state index in [0.717, 1.165) is 6.42 Å². The van der Waals surface area contributed by atoms with E-state index in [1.54, 1.807) is 30.3 Å². The van der Waals surface area contributed by atoms with Crippen molar-refractivity contribution in [1.82, 2.24) is 0 Å². The van der Waals surface area contributed by atoms with Crippen LogP contribution < -0.4 is 18.9 Å². The van der Waals surface area contributed by atoms with Crippen molar-refractivity contribution in [2.45, 2.75) is 11.3 Å². The number of sulfonamides is 1. The van der Waals surface area contributed by atoms with Crippen molar-refractivity contribution in [3.8, 4) is 17.2 Å². The minimum absolute atomic E-state index is 0.0477. The Kier molecular flexibility index (Phi) is 4.86. The third-order valence-electron chi connectivity index (χ3n) is 3.41. The lowest BCUT2D eigenvalue weighted by Crippen LogP contribution is -2.14. The molecule has 0 atom stereocenters. The molecule has 0 spiro atoms. The van der Waals surface area contributed by atoms with Gasteiger partial charge in [0, 0.05) is 17.0 Å². The Morgan fingerprint density at radius 3 is 2.58 bits per heavy atom. The fraction of sp³-hybridized carbons (Fsp3) is 0.250. The maximum Gasteiger partial charge on any atom is 0.265 e. The van der Waals surface area contributed by atoms with Crippen molar-refractivity contribution in [3.05, 3.63) is 40.9 Å². The predicted octanol–water partition coefficient (Wildman–Crippen LogP) is 3.42. The van der Waals surface area contributed by atoms with Crippen LogP contribution in [-0.4, -0.2) is 28.7 Å². The number of hydrogen-bond donors (Lipinski definition) is 1. The van der Waals surface area contributed by atoms with Crippen LogP contribution in [0.2, 0.25) is 0 Å². The van der Waals surface area contributed by atoms with E-state index >= 15 is 0 Å². The zero-order valence-corrected chi connectivity index (χ0v) is 15.3. The molecule has 0 amide bonds. The third-order valence-corrected chi connectivity index (χ3v) is 5.31. The summed E-state index contributed by atoms with van der Waals surface area (Å²) in [5.74, 6) is 1.39. The van der Waals surface area contributed by atoms with Gasteiger partial charge in [-0.15, -0.1) is 0 Å². The summed E-state index contributed by atoms with van der Waals surface area (Å²) < 4.78 is 44.8. The Morgan fingerprint density at radius 1 is 1.08 bits per heavy atom. The lowest BCUT2D eigenvalue weighted by Gasteiger charge is -2.13. The molecule has 1 heterocycles. The average molecular weight is 414 g/mol. The minimum atomic E-state index is -3.82. The number of ether oxygens (including phenoxy) is 3. The van der Waals surface area contributed by atoms with Crippen LogP contribution in [0.1, 0.15) is 6.42 Å². The van der Waals surface area contributed by atoms with Crippen LogP contribution in [0, 0.1) is 0 Å². The van der Waals surface area contributed by atoms with Gasteiger partial charge in [0.25, 0.3) is 10.0 Å². The number of hydrogen-bond acceptors (Lipinski definition) is 5. The molecule has 2 aromatic carbocycles. The molecule has 2 aromatic rings. The molecule has 1 N–H and O–H groups in total. The molecule has 0 unspecified atom stereocenters. The summed E-state index contributed by atoms with van der Waals surface area (Å²) in [6.45, 7) is 1.11. The summed E-state index contributed by atoms with van der Waals surface area (Å²) in [6, 6.07) is 9.73. The van der Waals surface area contributed by atoms with Gasteiger partial charge in [-0.05, 0) is 30.3 Å². The normalized spacial score (nSPS) is 13.9. The molecule has 0 bridgehead atoms. The van der Waals surface area contributed by atoms with Gasteiger partial charge in [-0.25, -0.2) is 8.42 Å². The SMILES string of the molecule is COc1ccc(Br)cc1S(=O)(=O)Nc1ccc2c(c1)OCCCO2. The molecular weight excluding hydrogens is 398 g/mol. The van der Waals surface area contributed by atoms with E-state index in [0.29, 0.717) is 34.9 Å². The molecule has 8 heteroatoms. The van der Waals surface area contributed by atoms with Crippen molar-refractivity contribution < 1.29 is 22.6 Å². The molecule has 0 fully saturated rings. The quantitative estimate of drug-likeness (QED) is 0.830. The van der Waals surface area contributed by atoms with Crippen LogP contribution in [-0.2, 0) is 10.0 Å². The number of fused-ring (bicyclic) bond motifs is 1. The number of benzene rings is 2. The molecule has 24 heavy (non-hydrogen) atoms. The second-order valence-electron chi connectivity index (χ2n) is 5.11. The largest absolute Gasteiger partial charge is 0.495 e. The standard InChI is InChI=1S/C16H16BrNO5S/c1-21-14-5-3-11(17)9-16(14)24(19,20)18-12-4-6-13-15(10-12)23-8-2-7-22-13/h3-6,9-10,18H,2,7-8H2,1H3. The topological polar surface area (TPSA) is 73.9 Å². The average Bonchev–Trinajstić information content (AvgIpc) is 2.79. The first-order chi connectivity index (χ1) is 11.5. The van der Waals surface area contributed by atoms with E-state index in [1.807, 2.05) is 0 Å². The summed E-state index contributed by atoms with van der Waals surface area (Å²) >= 11 is 3.28. The van der Waals surface area contributed by atoms with Gasteiger partial charge in [0.05, 0.1) is 26.0 Å². The summed E-state index contributed by atoms with van der Waals surface area (Å²) in [4.78, 5) is 0.0477. The highest BCUT2D eigenvalue weighted by Gasteiger charge is 2.21. The van der Waals surface area contributed by atoms with Crippen LogP contribution >= 0.6 is 15.9 Å². The summed E-state index contributed by atoms with van der Waals surface area (Å²) in [7, 11) is -2.39. The second kappa shape index (κ2) is 6.90. The van der Waals surface area contributed by atoms with Gasteiger partial charge in [0.2, 0.25) is 0 Å². The zero-order valence-electron chi connectivity index (χ0n) is 12.9. The Bertz CT molecular complexity index is 854. The van der Waals surface area contributed by atoms with Gasteiger partial charge >= 0.3 is 0 Å². The number of halogens is 1.